The topological polar surface area (TPSA) is 109 Å². The second-order valence-electron chi connectivity index (χ2n) is 5.66. The third-order valence-corrected chi connectivity index (χ3v) is 3.56. The Morgan fingerprint density at radius 1 is 1.35 bits per heavy atom. The number of aromatic nitrogens is 1. The molecule has 1 atom stereocenters. The molecule has 0 saturated heterocycles. The summed E-state index contributed by atoms with van der Waals surface area (Å²) in [5.74, 6) is -0.410. The molecule has 1 aliphatic heterocycles. The largest absolute Gasteiger partial charge is 0.503 e. The van der Waals surface area contributed by atoms with Crippen LogP contribution in [-0.2, 0) is 23.7 Å². The number of hydrogen-bond donors (Lipinski definition) is 1. The molecule has 0 amide bonds. The summed E-state index contributed by atoms with van der Waals surface area (Å²) in [6.07, 6.45) is 1.46. The lowest BCUT2D eigenvalue weighted by atomic mass is 10.1. The number of esters is 1. The van der Waals surface area contributed by atoms with Gasteiger partial charge >= 0.3 is 5.97 Å². The molecule has 0 spiro atoms. The minimum absolute atomic E-state index is 0.0146. The third kappa shape index (κ3) is 4.83. The fraction of sp³-hybridized carbons (Fsp3) is 0.588. The molecule has 9 heteroatoms. The Balaban J connectivity index is 2.03. The van der Waals surface area contributed by atoms with Crippen LogP contribution < -0.4 is 4.74 Å². The average molecular weight is 368 g/mol. The molecular formula is C17H24N2O7. The van der Waals surface area contributed by atoms with E-state index < -0.39 is 11.5 Å². The minimum Gasteiger partial charge on any atom is -0.503 e. The number of carbonyl (C=O) groups is 1. The molecule has 1 aliphatic rings. The Labute approximate surface area is 151 Å². The van der Waals surface area contributed by atoms with Gasteiger partial charge in [-0.1, -0.05) is 0 Å². The molecule has 0 aromatic carbocycles. The van der Waals surface area contributed by atoms with Crippen molar-refractivity contribution < 1.29 is 33.6 Å². The summed E-state index contributed by atoms with van der Waals surface area (Å²) in [5.41, 5.74) is -1.05. The van der Waals surface area contributed by atoms with E-state index in [1.165, 1.54) is 12.3 Å². The van der Waals surface area contributed by atoms with Crippen LogP contribution in [0.15, 0.2) is 17.3 Å². The molecular weight excluding hydrogens is 344 g/mol. The van der Waals surface area contributed by atoms with Crippen molar-refractivity contribution in [1.82, 2.24) is 4.98 Å². The Kier molecular flexibility index (Phi) is 7.16. The van der Waals surface area contributed by atoms with E-state index >= 15 is 0 Å². The maximum Gasteiger partial charge on any atom is 0.337 e. The maximum absolute atomic E-state index is 12.0. The van der Waals surface area contributed by atoms with E-state index in [4.69, 9.17) is 23.7 Å². The maximum atomic E-state index is 12.0. The van der Waals surface area contributed by atoms with E-state index in [0.29, 0.717) is 19.8 Å². The van der Waals surface area contributed by atoms with Crippen LogP contribution in [0.5, 0.6) is 11.5 Å². The van der Waals surface area contributed by atoms with Gasteiger partial charge in [0.05, 0.1) is 26.4 Å². The van der Waals surface area contributed by atoms with Gasteiger partial charge in [0, 0.05) is 19.4 Å². The quantitative estimate of drug-likeness (QED) is 0.480. The number of rotatable bonds is 10. The molecule has 0 bridgehead atoms. The highest BCUT2D eigenvalue weighted by molar-refractivity contribution is 5.99. The molecule has 1 aromatic heterocycles. The standard InChI is InChI=1S/C17H24N2O7/c1-4-24-16(21)17(2)11-26-15(19-17)13-14(20)12(5-6-18-13)25-10-9-23-8-7-22-3/h5-6,20H,4,7-11H2,1-3H3/t17-/m1/s1. The third-order valence-electron chi connectivity index (χ3n) is 3.56. The summed E-state index contributed by atoms with van der Waals surface area (Å²) in [6, 6.07) is 1.52. The first kappa shape index (κ1) is 19.9. The minimum atomic E-state index is -1.16. The predicted octanol–water partition coefficient (Wildman–Crippen LogP) is 0.928. The van der Waals surface area contributed by atoms with E-state index in [-0.39, 0.29) is 42.9 Å². The highest BCUT2D eigenvalue weighted by Crippen LogP contribution is 2.32. The van der Waals surface area contributed by atoms with Crippen molar-refractivity contribution >= 4 is 11.9 Å². The summed E-state index contributed by atoms with van der Waals surface area (Å²) in [4.78, 5) is 20.3. The summed E-state index contributed by atoms with van der Waals surface area (Å²) in [7, 11) is 1.59. The Hall–Kier alpha value is -2.39. The van der Waals surface area contributed by atoms with E-state index in [1.807, 2.05) is 0 Å². The molecule has 0 unspecified atom stereocenters. The van der Waals surface area contributed by atoms with Gasteiger partial charge in [0.15, 0.2) is 22.7 Å². The van der Waals surface area contributed by atoms with Crippen molar-refractivity contribution in [2.45, 2.75) is 19.4 Å². The SMILES string of the molecule is CCOC(=O)[C@@]1(C)COC(c2nccc(OCCOCCOC)c2O)=N1. The zero-order chi connectivity index (χ0) is 19.0. The number of aromatic hydroxyl groups is 1. The number of pyridine rings is 1. The monoisotopic (exact) mass is 368 g/mol. The van der Waals surface area contributed by atoms with Crippen molar-refractivity contribution in [1.29, 1.82) is 0 Å². The van der Waals surface area contributed by atoms with Gasteiger partial charge in [-0.25, -0.2) is 14.8 Å². The molecule has 0 radical (unpaired) electrons. The van der Waals surface area contributed by atoms with Gasteiger partial charge in [0.1, 0.15) is 13.2 Å². The molecule has 0 fully saturated rings. The highest BCUT2D eigenvalue weighted by atomic mass is 16.6. The number of nitrogens with zero attached hydrogens (tertiary/aromatic N) is 2. The van der Waals surface area contributed by atoms with Crippen molar-refractivity contribution in [2.24, 2.45) is 4.99 Å². The van der Waals surface area contributed by atoms with Crippen molar-refractivity contribution in [2.75, 3.05) is 46.8 Å². The van der Waals surface area contributed by atoms with Crippen LogP contribution in [0, 0.1) is 0 Å². The first-order chi connectivity index (χ1) is 12.5. The van der Waals surface area contributed by atoms with Gasteiger partial charge in [-0.15, -0.1) is 0 Å². The Bertz CT molecular complexity index is 650. The number of methoxy groups -OCH3 is 1. The summed E-state index contributed by atoms with van der Waals surface area (Å²) in [6.45, 7) is 5.14. The van der Waals surface area contributed by atoms with Gasteiger partial charge in [-0.2, -0.15) is 0 Å². The van der Waals surface area contributed by atoms with Gasteiger partial charge in [-0.3, -0.25) is 0 Å². The van der Waals surface area contributed by atoms with Crippen LogP contribution in [0.25, 0.3) is 0 Å². The molecule has 2 heterocycles. The van der Waals surface area contributed by atoms with Gasteiger partial charge < -0.3 is 28.8 Å². The molecule has 0 saturated carbocycles. The van der Waals surface area contributed by atoms with E-state index in [9.17, 15) is 9.90 Å². The molecule has 0 aliphatic carbocycles. The first-order valence-electron chi connectivity index (χ1n) is 8.29. The summed E-state index contributed by atoms with van der Waals surface area (Å²) < 4.78 is 26.1. The fourth-order valence-corrected chi connectivity index (χ4v) is 2.17. The van der Waals surface area contributed by atoms with Crippen LogP contribution >= 0.6 is 0 Å². The molecule has 1 aromatic rings. The van der Waals surface area contributed by atoms with Crippen LogP contribution in [0.3, 0.4) is 0 Å². The zero-order valence-electron chi connectivity index (χ0n) is 15.2. The van der Waals surface area contributed by atoms with E-state index in [1.54, 1.807) is 21.0 Å². The number of hydrogen-bond acceptors (Lipinski definition) is 9. The molecule has 26 heavy (non-hydrogen) atoms. The normalized spacial score (nSPS) is 19.0. The average Bonchev–Trinajstić information content (AvgIpc) is 3.03. The van der Waals surface area contributed by atoms with E-state index in [0.717, 1.165) is 0 Å². The summed E-state index contributed by atoms with van der Waals surface area (Å²) >= 11 is 0. The Morgan fingerprint density at radius 3 is 2.85 bits per heavy atom. The van der Waals surface area contributed by atoms with Crippen LogP contribution in [0.2, 0.25) is 0 Å². The second-order valence-corrected chi connectivity index (χ2v) is 5.66. The number of aliphatic imine (C=N–C) groups is 1. The fourth-order valence-electron chi connectivity index (χ4n) is 2.17. The first-order valence-corrected chi connectivity index (χ1v) is 8.29. The van der Waals surface area contributed by atoms with Crippen LogP contribution in [0.1, 0.15) is 19.5 Å². The lowest BCUT2D eigenvalue weighted by Crippen LogP contribution is -2.36. The number of ether oxygens (including phenoxy) is 5. The molecule has 1 N–H and O–H groups in total. The molecule has 9 nitrogen and oxygen atoms in total. The molecule has 144 valence electrons. The van der Waals surface area contributed by atoms with Crippen LogP contribution in [-0.4, -0.2) is 74.2 Å². The number of carbonyl (C=O) groups excluding carboxylic acids is 1. The zero-order valence-corrected chi connectivity index (χ0v) is 15.2. The lowest BCUT2D eigenvalue weighted by molar-refractivity contribution is -0.149. The second kappa shape index (κ2) is 9.35. The van der Waals surface area contributed by atoms with E-state index in [2.05, 4.69) is 9.98 Å². The lowest BCUT2D eigenvalue weighted by Gasteiger charge is -2.15. The molecule has 2 rings (SSSR count). The predicted molar refractivity (Wildman–Crippen MR) is 91.6 cm³/mol. The van der Waals surface area contributed by atoms with Gasteiger partial charge in [0.25, 0.3) is 0 Å². The van der Waals surface area contributed by atoms with Crippen molar-refractivity contribution in [3.05, 3.63) is 18.0 Å². The van der Waals surface area contributed by atoms with Gasteiger partial charge in [-0.05, 0) is 13.8 Å². The van der Waals surface area contributed by atoms with Gasteiger partial charge in [0.2, 0.25) is 5.90 Å². The Morgan fingerprint density at radius 2 is 2.12 bits per heavy atom. The highest BCUT2D eigenvalue weighted by Gasteiger charge is 2.42. The van der Waals surface area contributed by atoms with Crippen LogP contribution in [0.4, 0.5) is 0 Å². The van der Waals surface area contributed by atoms with Crippen molar-refractivity contribution in [3.63, 3.8) is 0 Å². The summed E-state index contributed by atoms with van der Waals surface area (Å²) in [5, 5.41) is 10.4. The van der Waals surface area contributed by atoms with Crippen molar-refractivity contribution in [3.8, 4) is 11.5 Å². The smallest absolute Gasteiger partial charge is 0.337 e.